The molecule has 1 aromatic carbocycles. The molecule has 1 aromatic heterocycles. The summed E-state index contributed by atoms with van der Waals surface area (Å²) in [4.78, 5) is 28.6. The van der Waals surface area contributed by atoms with E-state index in [1.807, 2.05) is 42.0 Å². The fraction of sp³-hybridized carbons (Fsp3) is 0.429. The van der Waals surface area contributed by atoms with Gasteiger partial charge in [0.05, 0.1) is 6.54 Å². The average Bonchev–Trinajstić information content (AvgIpc) is 3.09. The zero-order valence-corrected chi connectivity index (χ0v) is 16.0. The Balaban J connectivity index is 1.41. The van der Waals surface area contributed by atoms with E-state index in [1.165, 1.54) is 5.56 Å². The van der Waals surface area contributed by atoms with Gasteiger partial charge in [0.2, 0.25) is 5.91 Å². The number of carbonyl (C=O) groups is 2. The van der Waals surface area contributed by atoms with Gasteiger partial charge in [0, 0.05) is 25.7 Å². The first-order chi connectivity index (χ1) is 13.0. The van der Waals surface area contributed by atoms with Gasteiger partial charge in [-0.3, -0.25) is 14.5 Å². The molecule has 3 rings (SSSR count). The normalized spacial score (nSPS) is 15.1. The van der Waals surface area contributed by atoms with Gasteiger partial charge in [0.1, 0.15) is 5.76 Å². The Morgan fingerprint density at radius 2 is 1.85 bits per heavy atom. The first-order valence-corrected chi connectivity index (χ1v) is 9.39. The Labute approximate surface area is 160 Å². The van der Waals surface area contributed by atoms with E-state index < -0.39 is 0 Å². The number of furan rings is 1. The van der Waals surface area contributed by atoms with Crippen LogP contribution < -0.4 is 5.32 Å². The van der Waals surface area contributed by atoms with E-state index in [1.54, 1.807) is 12.1 Å². The number of hydrogen-bond acceptors (Lipinski definition) is 4. The quantitative estimate of drug-likeness (QED) is 0.849. The third-order valence-electron chi connectivity index (χ3n) is 4.85. The van der Waals surface area contributed by atoms with Crippen LogP contribution in [0.3, 0.4) is 0 Å². The third kappa shape index (κ3) is 5.44. The lowest BCUT2D eigenvalue weighted by Gasteiger charge is -2.33. The van der Waals surface area contributed by atoms with Crippen molar-refractivity contribution >= 4 is 11.8 Å². The van der Waals surface area contributed by atoms with Crippen LogP contribution in [0.15, 0.2) is 46.9 Å². The van der Waals surface area contributed by atoms with Crippen LogP contribution in [0.25, 0.3) is 0 Å². The summed E-state index contributed by atoms with van der Waals surface area (Å²) in [6.07, 6.45) is 1.53. The van der Waals surface area contributed by atoms with E-state index in [-0.39, 0.29) is 17.9 Å². The van der Waals surface area contributed by atoms with Crippen molar-refractivity contribution in [3.63, 3.8) is 0 Å². The first-order valence-electron chi connectivity index (χ1n) is 9.39. The molecule has 2 heterocycles. The summed E-state index contributed by atoms with van der Waals surface area (Å²) in [7, 11) is 1.96. The lowest BCUT2D eigenvalue weighted by atomic mass is 10.0. The van der Waals surface area contributed by atoms with Gasteiger partial charge < -0.3 is 14.6 Å². The number of nitrogens with zero attached hydrogens (tertiary/aromatic N) is 2. The molecule has 2 aromatic rings. The molecule has 1 saturated heterocycles. The Morgan fingerprint density at radius 3 is 2.48 bits per heavy atom. The van der Waals surface area contributed by atoms with Crippen LogP contribution in [0.1, 0.15) is 34.7 Å². The maximum Gasteiger partial charge on any atom is 0.287 e. The lowest BCUT2D eigenvalue weighted by Crippen LogP contribution is -2.48. The van der Waals surface area contributed by atoms with Gasteiger partial charge in [-0.25, -0.2) is 0 Å². The van der Waals surface area contributed by atoms with Crippen LogP contribution in [-0.2, 0) is 11.3 Å². The minimum absolute atomic E-state index is 0.0778. The van der Waals surface area contributed by atoms with Gasteiger partial charge in [-0.2, -0.15) is 0 Å². The van der Waals surface area contributed by atoms with Crippen LogP contribution in [0.5, 0.6) is 0 Å². The number of hydrogen-bond donors (Lipinski definition) is 1. The molecule has 1 fully saturated rings. The summed E-state index contributed by atoms with van der Waals surface area (Å²) in [6, 6.07) is 13.7. The Hall–Kier alpha value is -2.60. The average molecular weight is 369 g/mol. The molecule has 144 valence electrons. The fourth-order valence-electron chi connectivity index (χ4n) is 3.37. The summed E-state index contributed by atoms with van der Waals surface area (Å²) >= 11 is 0. The Bertz CT molecular complexity index is 764. The zero-order valence-electron chi connectivity index (χ0n) is 16.0. The molecule has 27 heavy (non-hydrogen) atoms. The summed E-state index contributed by atoms with van der Waals surface area (Å²) in [5.74, 6) is 1.02. The highest BCUT2D eigenvalue weighted by molar-refractivity contribution is 5.91. The number of likely N-dealkylation sites (N-methyl/N-ethyl adjacent to an activating group) is 1. The van der Waals surface area contributed by atoms with Crippen LogP contribution >= 0.6 is 0 Å². The van der Waals surface area contributed by atoms with Gasteiger partial charge in [-0.1, -0.05) is 30.3 Å². The Morgan fingerprint density at radius 1 is 1.15 bits per heavy atom. The van der Waals surface area contributed by atoms with E-state index in [0.717, 1.165) is 25.1 Å². The highest BCUT2D eigenvalue weighted by Gasteiger charge is 2.25. The minimum atomic E-state index is -0.185. The maximum atomic E-state index is 12.5. The highest BCUT2D eigenvalue weighted by Crippen LogP contribution is 2.13. The van der Waals surface area contributed by atoms with Crippen LogP contribution in [0.2, 0.25) is 0 Å². The number of aryl methyl sites for hydroxylation is 1. The molecular weight excluding hydrogens is 342 g/mol. The van der Waals surface area contributed by atoms with E-state index in [2.05, 4.69) is 17.4 Å². The predicted octanol–water partition coefficient (Wildman–Crippen LogP) is 2.44. The number of amides is 2. The zero-order chi connectivity index (χ0) is 19.2. The second-order valence-electron chi connectivity index (χ2n) is 7.20. The fourth-order valence-corrected chi connectivity index (χ4v) is 3.37. The number of nitrogens with one attached hydrogen (secondary N) is 1. The van der Waals surface area contributed by atoms with Gasteiger partial charge in [0.25, 0.3) is 5.91 Å². The molecule has 0 radical (unpaired) electrons. The molecule has 0 unspecified atom stereocenters. The number of benzene rings is 1. The topological polar surface area (TPSA) is 65.8 Å². The predicted molar refractivity (Wildman–Crippen MR) is 103 cm³/mol. The van der Waals surface area contributed by atoms with E-state index in [4.69, 9.17) is 4.42 Å². The second-order valence-corrected chi connectivity index (χ2v) is 7.20. The minimum Gasteiger partial charge on any atom is -0.456 e. The van der Waals surface area contributed by atoms with Crippen molar-refractivity contribution in [2.24, 2.45) is 0 Å². The molecule has 0 bridgehead atoms. The smallest absolute Gasteiger partial charge is 0.287 e. The number of likely N-dealkylation sites (tertiary alicyclic amines) is 1. The summed E-state index contributed by atoms with van der Waals surface area (Å²) in [5, 5.41) is 3.00. The SMILES string of the molecule is Cc1ccc(C(=O)NC2CCN(C(=O)CN(C)Cc3ccccc3)CC2)o1. The second kappa shape index (κ2) is 8.86. The lowest BCUT2D eigenvalue weighted by molar-refractivity contribution is -0.133. The molecule has 0 aliphatic carbocycles. The molecule has 1 aliphatic heterocycles. The van der Waals surface area contributed by atoms with Gasteiger partial charge >= 0.3 is 0 Å². The van der Waals surface area contributed by atoms with Crippen molar-refractivity contribution < 1.29 is 14.0 Å². The standard InChI is InChI=1S/C21H27N3O3/c1-16-8-9-19(27-16)21(26)22-18-10-12-24(13-11-18)20(25)15-23(2)14-17-6-4-3-5-7-17/h3-9,18H,10-15H2,1-2H3,(H,22,26). The molecule has 1 aliphatic rings. The van der Waals surface area contributed by atoms with Crippen molar-refractivity contribution in [1.29, 1.82) is 0 Å². The summed E-state index contributed by atoms with van der Waals surface area (Å²) in [5.41, 5.74) is 1.20. The van der Waals surface area contributed by atoms with Crippen LogP contribution in [-0.4, -0.2) is 54.3 Å². The molecule has 2 amide bonds. The third-order valence-corrected chi connectivity index (χ3v) is 4.85. The van der Waals surface area contributed by atoms with Crippen molar-refractivity contribution in [3.8, 4) is 0 Å². The molecule has 0 spiro atoms. The first kappa shape index (κ1) is 19.2. The molecule has 1 N–H and O–H groups in total. The summed E-state index contributed by atoms with van der Waals surface area (Å²) < 4.78 is 5.36. The number of rotatable bonds is 6. The molecule has 6 heteroatoms. The molecule has 0 saturated carbocycles. The molecule has 6 nitrogen and oxygen atoms in total. The summed E-state index contributed by atoms with van der Waals surface area (Å²) in [6.45, 7) is 4.30. The largest absolute Gasteiger partial charge is 0.456 e. The van der Waals surface area contributed by atoms with Crippen molar-refractivity contribution in [3.05, 3.63) is 59.5 Å². The van der Waals surface area contributed by atoms with Crippen LogP contribution in [0, 0.1) is 6.92 Å². The number of piperidine rings is 1. The highest BCUT2D eigenvalue weighted by atomic mass is 16.3. The van der Waals surface area contributed by atoms with Gasteiger partial charge in [-0.15, -0.1) is 0 Å². The van der Waals surface area contributed by atoms with Gasteiger partial charge in [-0.05, 0) is 44.5 Å². The molecular formula is C21H27N3O3. The number of carbonyl (C=O) groups excluding carboxylic acids is 2. The van der Waals surface area contributed by atoms with E-state index in [9.17, 15) is 9.59 Å². The van der Waals surface area contributed by atoms with Crippen molar-refractivity contribution in [1.82, 2.24) is 15.1 Å². The monoisotopic (exact) mass is 369 g/mol. The van der Waals surface area contributed by atoms with Crippen LogP contribution in [0.4, 0.5) is 0 Å². The Kier molecular flexibility index (Phi) is 6.29. The maximum absolute atomic E-state index is 12.5. The van der Waals surface area contributed by atoms with E-state index in [0.29, 0.717) is 25.4 Å². The van der Waals surface area contributed by atoms with E-state index >= 15 is 0 Å². The molecule has 0 atom stereocenters. The van der Waals surface area contributed by atoms with Crippen molar-refractivity contribution in [2.75, 3.05) is 26.7 Å². The van der Waals surface area contributed by atoms with Crippen molar-refractivity contribution in [2.45, 2.75) is 32.4 Å². The van der Waals surface area contributed by atoms with Gasteiger partial charge in [0.15, 0.2) is 5.76 Å².